The predicted octanol–water partition coefficient (Wildman–Crippen LogP) is 3.93. The lowest BCUT2D eigenvalue weighted by molar-refractivity contribution is 0.0743. The van der Waals surface area contributed by atoms with Gasteiger partial charge in [-0.3, -0.25) is 4.79 Å². The molecular formula is C20H20ClN3O3S. The fraction of sp³-hybridized carbons (Fsp3) is 0.300. The normalized spacial score (nSPS) is 14.4. The van der Waals surface area contributed by atoms with Crippen LogP contribution in [0.4, 0.5) is 5.13 Å². The summed E-state index contributed by atoms with van der Waals surface area (Å²) < 4.78 is 11.7. The predicted molar refractivity (Wildman–Crippen MR) is 112 cm³/mol. The summed E-state index contributed by atoms with van der Waals surface area (Å²) in [6.45, 7) is 2.70. The largest absolute Gasteiger partial charge is 0.497 e. The molecule has 1 fully saturated rings. The molecule has 0 unspecified atom stereocenters. The van der Waals surface area contributed by atoms with Crippen molar-refractivity contribution in [2.24, 2.45) is 0 Å². The minimum absolute atomic E-state index is 0.0496. The number of anilines is 1. The number of amides is 1. The first-order chi connectivity index (χ1) is 13.6. The molecule has 0 aliphatic carbocycles. The molecule has 0 atom stereocenters. The Bertz CT molecular complexity index is 1020. The molecule has 28 heavy (non-hydrogen) atoms. The van der Waals surface area contributed by atoms with E-state index < -0.39 is 0 Å². The molecule has 1 aliphatic heterocycles. The van der Waals surface area contributed by atoms with Crippen molar-refractivity contribution in [3.05, 3.63) is 47.0 Å². The fourth-order valence-electron chi connectivity index (χ4n) is 3.27. The standard InChI is InChI=1S/C20H20ClN3O3S/c1-26-14-4-6-17(27-2)15(12-14)19(25)23-7-9-24(10-8-23)20-22-16-5-3-13(21)11-18(16)28-20/h3-6,11-12H,7-10H2,1-2H3. The van der Waals surface area contributed by atoms with E-state index in [9.17, 15) is 4.79 Å². The van der Waals surface area contributed by atoms with E-state index >= 15 is 0 Å². The van der Waals surface area contributed by atoms with Crippen LogP contribution < -0.4 is 14.4 Å². The number of rotatable bonds is 4. The van der Waals surface area contributed by atoms with Gasteiger partial charge in [-0.25, -0.2) is 4.98 Å². The first-order valence-corrected chi connectivity index (χ1v) is 10.1. The number of thiazole rings is 1. The van der Waals surface area contributed by atoms with Gasteiger partial charge in [0.05, 0.1) is 30.0 Å². The van der Waals surface area contributed by atoms with Gasteiger partial charge in [0.25, 0.3) is 5.91 Å². The maximum atomic E-state index is 13.0. The summed E-state index contributed by atoms with van der Waals surface area (Å²) in [5.41, 5.74) is 1.47. The van der Waals surface area contributed by atoms with Crippen molar-refractivity contribution >= 4 is 44.2 Å². The second-order valence-electron chi connectivity index (χ2n) is 6.45. The lowest BCUT2D eigenvalue weighted by atomic mass is 10.1. The highest BCUT2D eigenvalue weighted by Crippen LogP contribution is 2.32. The lowest BCUT2D eigenvalue weighted by Gasteiger charge is -2.34. The minimum atomic E-state index is -0.0496. The number of carbonyl (C=O) groups is 1. The summed E-state index contributed by atoms with van der Waals surface area (Å²) in [7, 11) is 3.15. The Morgan fingerprint density at radius 2 is 1.86 bits per heavy atom. The van der Waals surface area contributed by atoms with Crippen LogP contribution in [0.25, 0.3) is 10.2 Å². The number of hydrogen-bond donors (Lipinski definition) is 0. The summed E-state index contributed by atoms with van der Waals surface area (Å²) in [5, 5.41) is 1.67. The van der Waals surface area contributed by atoms with Crippen molar-refractivity contribution < 1.29 is 14.3 Å². The number of fused-ring (bicyclic) bond motifs is 1. The number of aromatic nitrogens is 1. The van der Waals surface area contributed by atoms with Crippen molar-refractivity contribution in [3.63, 3.8) is 0 Å². The summed E-state index contributed by atoms with van der Waals surface area (Å²) in [6.07, 6.45) is 0. The van der Waals surface area contributed by atoms with E-state index in [2.05, 4.69) is 4.90 Å². The molecule has 2 aromatic carbocycles. The van der Waals surface area contributed by atoms with Gasteiger partial charge in [-0.05, 0) is 36.4 Å². The molecule has 0 N–H and O–H groups in total. The zero-order chi connectivity index (χ0) is 19.7. The highest BCUT2D eigenvalue weighted by atomic mass is 35.5. The van der Waals surface area contributed by atoms with Crippen LogP contribution in [0.2, 0.25) is 5.02 Å². The first-order valence-electron chi connectivity index (χ1n) is 8.91. The van der Waals surface area contributed by atoms with Crippen LogP contribution in [0.15, 0.2) is 36.4 Å². The topological polar surface area (TPSA) is 54.9 Å². The van der Waals surface area contributed by atoms with Gasteiger partial charge in [-0.2, -0.15) is 0 Å². The average Bonchev–Trinajstić information content (AvgIpc) is 3.16. The molecule has 1 saturated heterocycles. The van der Waals surface area contributed by atoms with Gasteiger partial charge >= 0.3 is 0 Å². The van der Waals surface area contributed by atoms with Crippen LogP contribution >= 0.6 is 22.9 Å². The van der Waals surface area contributed by atoms with E-state index in [0.29, 0.717) is 35.2 Å². The molecule has 146 valence electrons. The average molecular weight is 418 g/mol. The Kier molecular flexibility index (Phi) is 5.28. The lowest BCUT2D eigenvalue weighted by Crippen LogP contribution is -2.48. The number of benzene rings is 2. The molecule has 1 aromatic heterocycles. The summed E-state index contributed by atoms with van der Waals surface area (Å²) in [4.78, 5) is 21.8. The van der Waals surface area contributed by atoms with Crippen LogP contribution in [-0.2, 0) is 0 Å². The quantitative estimate of drug-likeness (QED) is 0.643. The summed E-state index contributed by atoms with van der Waals surface area (Å²) >= 11 is 7.70. The van der Waals surface area contributed by atoms with E-state index in [1.54, 1.807) is 43.8 Å². The zero-order valence-electron chi connectivity index (χ0n) is 15.6. The zero-order valence-corrected chi connectivity index (χ0v) is 17.2. The third-order valence-electron chi connectivity index (χ3n) is 4.81. The van der Waals surface area contributed by atoms with Crippen LogP contribution in [-0.4, -0.2) is 56.2 Å². The van der Waals surface area contributed by atoms with E-state index in [-0.39, 0.29) is 5.91 Å². The third-order valence-corrected chi connectivity index (χ3v) is 6.13. The molecule has 4 rings (SSSR count). The fourth-order valence-corrected chi connectivity index (χ4v) is 4.57. The van der Waals surface area contributed by atoms with E-state index in [0.717, 1.165) is 28.4 Å². The Labute approximate surface area is 172 Å². The molecule has 1 amide bonds. The van der Waals surface area contributed by atoms with E-state index in [1.165, 1.54) is 0 Å². The molecule has 0 saturated carbocycles. The van der Waals surface area contributed by atoms with Gasteiger partial charge in [-0.15, -0.1) is 0 Å². The van der Waals surface area contributed by atoms with Gasteiger partial charge < -0.3 is 19.3 Å². The van der Waals surface area contributed by atoms with Crippen LogP contribution in [0, 0.1) is 0 Å². The Hall–Kier alpha value is -2.51. The molecule has 8 heteroatoms. The van der Waals surface area contributed by atoms with E-state index in [4.69, 9.17) is 26.1 Å². The Balaban J connectivity index is 1.48. The second kappa shape index (κ2) is 7.85. The van der Waals surface area contributed by atoms with E-state index in [1.807, 2.05) is 23.1 Å². The summed E-state index contributed by atoms with van der Waals surface area (Å²) in [5.74, 6) is 1.14. The van der Waals surface area contributed by atoms with Crippen LogP contribution in [0.5, 0.6) is 11.5 Å². The third kappa shape index (κ3) is 3.59. The number of halogens is 1. The van der Waals surface area contributed by atoms with Crippen molar-refractivity contribution in [2.75, 3.05) is 45.3 Å². The molecule has 0 radical (unpaired) electrons. The minimum Gasteiger partial charge on any atom is -0.497 e. The van der Waals surface area contributed by atoms with Gasteiger partial charge in [-0.1, -0.05) is 22.9 Å². The van der Waals surface area contributed by atoms with Gasteiger partial charge in [0, 0.05) is 31.2 Å². The highest BCUT2D eigenvalue weighted by molar-refractivity contribution is 7.22. The number of ether oxygens (including phenoxy) is 2. The van der Waals surface area contributed by atoms with Gasteiger partial charge in [0.15, 0.2) is 5.13 Å². The molecule has 2 heterocycles. The van der Waals surface area contributed by atoms with Gasteiger partial charge in [0.1, 0.15) is 11.5 Å². The SMILES string of the molecule is COc1ccc(OC)c(C(=O)N2CCN(c3nc4ccc(Cl)cc4s3)CC2)c1. The van der Waals surface area contributed by atoms with Crippen LogP contribution in [0.1, 0.15) is 10.4 Å². The first kappa shape index (κ1) is 18.8. The molecule has 3 aromatic rings. The smallest absolute Gasteiger partial charge is 0.257 e. The van der Waals surface area contributed by atoms with Crippen molar-refractivity contribution in [1.29, 1.82) is 0 Å². The molecule has 0 spiro atoms. The number of hydrogen-bond acceptors (Lipinski definition) is 6. The maximum Gasteiger partial charge on any atom is 0.257 e. The summed E-state index contributed by atoms with van der Waals surface area (Å²) in [6, 6.07) is 11.0. The van der Waals surface area contributed by atoms with Crippen molar-refractivity contribution in [3.8, 4) is 11.5 Å². The molecule has 0 bridgehead atoms. The van der Waals surface area contributed by atoms with Gasteiger partial charge in [0.2, 0.25) is 0 Å². The number of methoxy groups -OCH3 is 2. The molecular weight excluding hydrogens is 398 g/mol. The monoisotopic (exact) mass is 417 g/mol. The Morgan fingerprint density at radius 3 is 2.57 bits per heavy atom. The number of nitrogens with zero attached hydrogens (tertiary/aromatic N) is 3. The van der Waals surface area contributed by atoms with Crippen LogP contribution in [0.3, 0.4) is 0 Å². The van der Waals surface area contributed by atoms with Crippen molar-refractivity contribution in [2.45, 2.75) is 0 Å². The highest BCUT2D eigenvalue weighted by Gasteiger charge is 2.26. The maximum absolute atomic E-state index is 13.0. The van der Waals surface area contributed by atoms with Crippen molar-refractivity contribution in [1.82, 2.24) is 9.88 Å². The Morgan fingerprint density at radius 1 is 1.07 bits per heavy atom. The molecule has 1 aliphatic rings. The number of carbonyl (C=O) groups excluding carboxylic acids is 1. The second-order valence-corrected chi connectivity index (χ2v) is 7.90. The number of piperazine rings is 1. The molecule has 6 nitrogen and oxygen atoms in total.